The third-order valence-corrected chi connectivity index (χ3v) is 4.26. The van der Waals surface area contributed by atoms with Crippen LogP contribution in [0.25, 0.3) is 0 Å². The van der Waals surface area contributed by atoms with E-state index >= 15 is 0 Å². The van der Waals surface area contributed by atoms with Crippen LogP contribution < -0.4 is 0 Å². The van der Waals surface area contributed by atoms with E-state index in [0.717, 1.165) is 0 Å². The van der Waals surface area contributed by atoms with Gasteiger partial charge in [0.15, 0.2) is 5.78 Å². The van der Waals surface area contributed by atoms with Crippen molar-refractivity contribution in [3.05, 3.63) is 22.5 Å². The van der Waals surface area contributed by atoms with E-state index in [1.54, 1.807) is 32.6 Å². The van der Waals surface area contributed by atoms with Gasteiger partial charge in [0.2, 0.25) is 5.91 Å². The fourth-order valence-electron chi connectivity index (χ4n) is 3.05. The van der Waals surface area contributed by atoms with E-state index in [4.69, 9.17) is 4.74 Å². The molecule has 6 heteroatoms. The van der Waals surface area contributed by atoms with Crippen molar-refractivity contribution >= 4 is 17.7 Å². The third kappa shape index (κ3) is 4.30. The number of Topliss-reactive ketones (excluding diaryl/α,β-unsaturated/α-hetero) is 1. The Hall–Kier alpha value is -2.11. The van der Waals surface area contributed by atoms with Gasteiger partial charge in [0.1, 0.15) is 5.69 Å². The summed E-state index contributed by atoms with van der Waals surface area (Å²) >= 11 is 0. The van der Waals surface area contributed by atoms with Crippen LogP contribution in [0.15, 0.2) is 0 Å². The summed E-state index contributed by atoms with van der Waals surface area (Å²) in [4.78, 5) is 42.2. The number of ketones is 1. The van der Waals surface area contributed by atoms with Crippen molar-refractivity contribution in [1.82, 2.24) is 9.88 Å². The number of amides is 1. The molecule has 0 bridgehead atoms. The fraction of sp³-hybridized carbons (Fsp3) is 0.632. The third-order valence-electron chi connectivity index (χ3n) is 4.26. The Morgan fingerprint density at radius 3 is 2.08 bits per heavy atom. The first-order valence-electron chi connectivity index (χ1n) is 8.77. The number of carbonyl (C=O) groups excluding carboxylic acids is 3. The van der Waals surface area contributed by atoms with Crippen molar-refractivity contribution in [3.8, 4) is 0 Å². The molecule has 1 heterocycles. The minimum absolute atomic E-state index is 0.0627. The van der Waals surface area contributed by atoms with Crippen LogP contribution in [0.4, 0.5) is 0 Å². The zero-order valence-corrected chi connectivity index (χ0v) is 16.5. The number of hydrogen-bond acceptors (Lipinski definition) is 4. The number of aromatic nitrogens is 1. The van der Waals surface area contributed by atoms with Crippen molar-refractivity contribution in [2.24, 2.45) is 5.92 Å². The SMILES string of the molecule is CCOC(=O)c1[nH]c(C)c(C(=O)C(C)N(C(=O)C(C)C)C(C)C)c1C. The Morgan fingerprint density at radius 1 is 1.08 bits per heavy atom. The molecule has 0 spiro atoms. The fourth-order valence-corrected chi connectivity index (χ4v) is 3.05. The molecule has 0 fully saturated rings. The standard InChI is InChI=1S/C19H30N2O4/c1-9-25-19(24)16-12(6)15(13(7)20-16)17(22)14(8)21(11(4)5)18(23)10(2)3/h10-11,14,20H,9H2,1-8H3. The molecule has 1 unspecified atom stereocenters. The number of rotatable bonds is 7. The lowest BCUT2D eigenvalue weighted by atomic mass is 9.98. The second kappa shape index (κ2) is 8.32. The van der Waals surface area contributed by atoms with Crippen LogP contribution in [-0.4, -0.2) is 46.2 Å². The van der Waals surface area contributed by atoms with Gasteiger partial charge in [0, 0.05) is 23.2 Å². The minimum atomic E-state index is -0.613. The van der Waals surface area contributed by atoms with Gasteiger partial charge in [-0.3, -0.25) is 9.59 Å². The van der Waals surface area contributed by atoms with Gasteiger partial charge in [-0.05, 0) is 47.1 Å². The van der Waals surface area contributed by atoms with Crippen LogP contribution >= 0.6 is 0 Å². The molecule has 1 N–H and O–H groups in total. The number of hydrogen-bond donors (Lipinski definition) is 1. The second-order valence-electron chi connectivity index (χ2n) is 6.88. The summed E-state index contributed by atoms with van der Waals surface area (Å²) in [6, 6.07) is -0.712. The predicted octanol–water partition coefficient (Wildman–Crippen LogP) is 3.27. The Kier molecular flexibility index (Phi) is 6.96. The highest BCUT2D eigenvalue weighted by atomic mass is 16.5. The summed E-state index contributed by atoms with van der Waals surface area (Å²) in [7, 11) is 0. The van der Waals surface area contributed by atoms with Crippen LogP contribution in [0.2, 0.25) is 0 Å². The van der Waals surface area contributed by atoms with Crippen LogP contribution in [0.1, 0.15) is 73.6 Å². The summed E-state index contributed by atoms with van der Waals surface area (Å²) in [5.74, 6) is -0.910. The van der Waals surface area contributed by atoms with E-state index in [1.165, 1.54) is 0 Å². The summed E-state index contributed by atoms with van der Waals surface area (Å²) in [6.07, 6.45) is 0. The smallest absolute Gasteiger partial charge is 0.355 e. The van der Waals surface area contributed by atoms with Gasteiger partial charge in [-0.15, -0.1) is 0 Å². The highest BCUT2D eigenvalue weighted by Gasteiger charge is 2.33. The van der Waals surface area contributed by atoms with Crippen LogP contribution in [0, 0.1) is 19.8 Å². The monoisotopic (exact) mass is 350 g/mol. The topological polar surface area (TPSA) is 79.5 Å². The summed E-state index contributed by atoms with van der Waals surface area (Å²) in [6.45, 7) is 14.6. The number of aryl methyl sites for hydroxylation is 1. The van der Waals surface area contributed by atoms with E-state index in [0.29, 0.717) is 22.5 Å². The van der Waals surface area contributed by atoms with Crippen molar-refractivity contribution in [1.29, 1.82) is 0 Å². The number of nitrogens with one attached hydrogen (secondary N) is 1. The Morgan fingerprint density at radius 2 is 1.64 bits per heavy atom. The molecular weight excluding hydrogens is 320 g/mol. The summed E-state index contributed by atoms with van der Waals surface area (Å²) in [5.41, 5.74) is 1.92. The van der Waals surface area contributed by atoms with Crippen molar-refractivity contribution in [2.45, 2.75) is 67.5 Å². The van der Waals surface area contributed by atoms with E-state index < -0.39 is 12.0 Å². The Bertz CT molecular complexity index is 659. The highest BCUT2D eigenvalue weighted by Crippen LogP contribution is 2.23. The number of ether oxygens (including phenoxy) is 1. The van der Waals surface area contributed by atoms with Crippen molar-refractivity contribution in [3.63, 3.8) is 0 Å². The molecule has 0 aromatic carbocycles. The first-order chi connectivity index (χ1) is 11.5. The maximum absolute atomic E-state index is 13.1. The molecule has 0 saturated carbocycles. The molecule has 1 amide bonds. The lowest BCUT2D eigenvalue weighted by molar-refractivity contribution is -0.137. The average molecular weight is 350 g/mol. The number of H-pyrrole nitrogens is 1. The van der Waals surface area contributed by atoms with Crippen molar-refractivity contribution in [2.75, 3.05) is 6.61 Å². The van der Waals surface area contributed by atoms with Gasteiger partial charge in [-0.25, -0.2) is 4.79 Å². The molecule has 0 aliphatic heterocycles. The predicted molar refractivity (Wildman–Crippen MR) is 96.8 cm³/mol. The molecule has 0 aliphatic rings. The molecule has 1 atom stereocenters. The molecule has 6 nitrogen and oxygen atoms in total. The zero-order valence-electron chi connectivity index (χ0n) is 16.5. The molecule has 0 saturated heterocycles. The molecule has 1 aromatic heterocycles. The quantitative estimate of drug-likeness (QED) is 0.604. The number of nitrogens with zero attached hydrogens (tertiary/aromatic N) is 1. The van der Waals surface area contributed by atoms with Gasteiger partial charge in [-0.1, -0.05) is 13.8 Å². The highest BCUT2D eigenvalue weighted by molar-refractivity contribution is 6.06. The van der Waals surface area contributed by atoms with E-state index in [1.807, 2.05) is 27.7 Å². The van der Waals surface area contributed by atoms with E-state index in [-0.39, 0.29) is 30.3 Å². The lowest BCUT2D eigenvalue weighted by Gasteiger charge is -2.33. The second-order valence-corrected chi connectivity index (χ2v) is 6.88. The number of aromatic amines is 1. The van der Waals surface area contributed by atoms with Gasteiger partial charge in [-0.2, -0.15) is 0 Å². The van der Waals surface area contributed by atoms with Gasteiger partial charge < -0.3 is 14.6 Å². The molecule has 25 heavy (non-hydrogen) atoms. The minimum Gasteiger partial charge on any atom is -0.461 e. The van der Waals surface area contributed by atoms with Crippen LogP contribution in [0.3, 0.4) is 0 Å². The zero-order chi connectivity index (χ0) is 19.5. The molecule has 1 rings (SSSR count). The Labute approximate surface area is 149 Å². The average Bonchev–Trinajstić information content (AvgIpc) is 2.81. The molecule has 0 radical (unpaired) electrons. The summed E-state index contributed by atoms with van der Waals surface area (Å²) < 4.78 is 5.03. The molecule has 0 aliphatic carbocycles. The van der Waals surface area contributed by atoms with Gasteiger partial charge in [0.25, 0.3) is 0 Å². The van der Waals surface area contributed by atoms with Crippen LogP contribution in [-0.2, 0) is 9.53 Å². The number of carbonyl (C=O) groups is 3. The molecule has 140 valence electrons. The van der Waals surface area contributed by atoms with Gasteiger partial charge >= 0.3 is 5.97 Å². The van der Waals surface area contributed by atoms with E-state index in [2.05, 4.69) is 4.98 Å². The molecule has 1 aromatic rings. The number of esters is 1. The molecular formula is C19H30N2O4. The largest absolute Gasteiger partial charge is 0.461 e. The first kappa shape index (κ1) is 20.9. The van der Waals surface area contributed by atoms with Crippen molar-refractivity contribution < 1.29 is 19.1 Å². The summed E-state index contributed by atoms with van der Waals surface area (Å²) in [5, 5.41) is 0. The van der Waals surface area contributed by atoms with Crippen LogP contribution in [0.5, 0.6) is 0 Å². The first-order valence-corrected chi connectivity index (χ1v) is 8.77. The normalized spacial score (nSPS) is 12.4. The maximum atomic E-state index is 13.1. The Balaban J connectivity index is 3.26. The van der Waals surface area contributed by atoms with E-state index in [9.17, 15) is 14.4 Å². The lowest BCUT2D eigenvalue weighted by Crippen LogP contribution is -2.49. The van der Waals surface area contributed by atoms with Gasteiger partial charge in [0.05, 0.1) is 12.6 Å². The maximum Gasteiger partial charge on any atom is 0.355 e.